The van der Waals surface area contributed by atoms with Gasteiger partial charge in [0, 0.05) is 0 Å². The molecular weight excluding hydrogens is 141 g/mol. The molecule has 0 fully saturated rings. The third-order valence-electron chi connectivity index (χ3n) is 1.07. The average molecular weight is 151 g/mol. The maximum absolute atomic E-state index is 9.76. The van der Waals surface area contributed by atoms with Crippen LogP contribution < -0.4 is 0 Å². The molecule has 0 heterocycles. The number of aliphatic hydroxyl groups is 4. The molecule has 5 nitrogen and oxygen atoms in total. The molecule has 10 heavy (non-hydrogen) atoms. The molecule has 4 N–H and O–H groups in total. The van der Waals surface area contributed by atoms with E-state index in [1.54, 1.807) is 0 Å². The highest BCUT2D eigenvalue weighted by Crippen LogP contribution is 1.96. The molecule has 3 atom stereocenters. The minimum atomic E-state index is -1.64. The molecular formula is C5H10O5. The van der Waals surface area contributed by atoms with Crippen molar-refractivity contribution >= 4 is 6.29 Å². The molecule has 0 saturated heterocycles. The maximum Gasteiger partial charge on any atom is 0.151 e. The minimum absolute atomic E-state index is 0.0869. The zero-order valence-corrected chi connectivity index (χ0v) is 5.21. The molecule has 60 valence electrons. The van der Waals surface area contributed by atoms with Gasteiger partial charge in [-0.3, -0.25) is 0 Å². The second-order valence-electron chi connectivity index (χ2n) is 1.87. The fourth-order valence-corrected chi connectivity index (χ4v) is 0.416. The Kier molecular flexibility index (Phi) is 4.13. The predicted molar refractivity (Wildman–Crippen MR) is 31.2 cm³/mol. The quantitative estimate of drug-likeness (QED) is 0.258. The van der Waals surface area contributed by atoms with Crippen molar-refractivity contribution in [3.05, 3.63) is 0 Å². The Morgan fingerprint density at radius 3 is 2.10 bits per heavy atom. The molecule has 0 spiro atoms. The summed E-state index contributed by atoms with van der Waals surface area (Å²) in [6, 6.07) is 0. The maximum atomic E-state index is 9.76. The summed E-state index contributed by atoms with van der Waals surface area (Å²) in [6.07, 6.45) is -4.63. The van der Waals surface area contributed by atoms with Crippen molar-refractivity contribution in [1.82, 2.24) is 0 Å². The largest absolute Gasteiger partial charge is 0.394 e. The van der Waals surface area contributed by atoms with Crippen LogP contribution in [0, 0.1) is 0 Å². The van der Waals surface area contributed by atoms with Crippen molar-refractivity contribution in [1.29, 1.82) is 0 Å². The van der Waals surface area contributed by atoms with Crippen molar-refractivity contribution < 1.29 is 25.2 Å². The van der Waals surface area contributed by atoms with Gasteiger partial charge in [0.15, 0.2) is 6.29 Å². The molecule has 0 unspecified atom stereocenters. The van der Waals surface area contributed by atoms with E-state index in [-0.39, 0.29) is 6.29 Å². The Balaban J connectivity index is 3.80. The number of carbonyl (C=O) groups is 1. The van der Waals surface area contributed by atoms with Crippen molar-refractivity contribution in [3.8, 4) is 0 Å². The second-order valence-corrected chi connectivity index (χ2v) is 1.87. The lowest BCUT2D eigenvalue weighted by Crippen LogP contribution is -2.40. The molecule has 0 amide bonds. The number of rotatable bonds is 4. The molecule has 0 saturated carbocycles. The van der Waals surface area contributed by atoms with Gasteiger partial charge in [-0.25, -0.2) is 0 Å². The van der Waals surface area contributed by atoms with Crippen LogP contribution in [0.3, 0.4) is 0 Å². The summed E-state index contributed by atoms with van der Waals surface area (Å²) in [4.78, 5) is 9.76. The van der Waals surface area contributed by atoms with Crippen LogP contribution in [0.5, 0.6) is 0 Å². The zero-order valence-electron chi connectivity index (χ0n) is 5.21. The third kappa shape index (κ3) is 2.40. The van der Waals surface area contributed by atoms with Gasteiger partial charge in [0.25, 0.3) is 0 Å². The van der Waals surface area contributed by atoms with E-state index < -0.39 is 24.9 Å². The Bertz CT molecular complexity index is 104. The van der Waals surface area contributed by atoms with Crippen molar-refractivity contribution in [3.63, 3.8) is 0 Å². The van der Waals surface area contributed by atoms with Gasteiger partial charge in [-0.1, -0.05) is 0 Å². The highest BCUT2D eigenvalue weighted by molar-refractivity contribution is 5.56. The second kappa shape index (κ2) is 4.35. The van der Waals surface area contributed by atoms with E-state index in [0.29, 0.717) is 0 Å². The zero-order chi connectivity index (χ0) is 8.15. The predicted octanol–water partition coefficient (Wildman–Crippen LogP) is -2.74. The summed E-state index contributed by atoms with van der Waals surface area (Å²) >= 11 is 0. The van der Waals surface area contributed by atoms with Crippen LogP contribution in [0.25, 0.3) is 0 Å². The van der Waals surface area contributed by atoms with E-state index in [2.05, 4.69) is 0 Å². The van der Waals surface area contributed by atoms with E-state index in [4.69, 9.17) is 20.4 Å². The molecule has 5 heteroatoms. The lowest BCUT2D eigenvalue weighted by Gasteiger charge is -2.16. The van der Waals surface area contributed by atoms with Crippen LogP contribution in [0.15, 0.2) is 0 Å². The van der Waals surface area contributed by atoms with E-state index in [1.807, 2.05) is 0 Å². The van der Waals surface area contributed by atoms with Crippen LogP contribution in [0.4, 0.5) is 0 Å². The topological polar surface area (TPSA) is 98.0 Å². The molecule has 0 aliphatic heterocycles. The van der Waals surface area contributed by atoms with Crippen LogP contribution in [0.2, 0.25) is 0 Å². The molecule has 0 aliphatic carbocycles. The number of aldehydes is 1. The van der Waals surface area contributed by atoms with E-state index >= 15 is 0 Å². The monoisotopic (exact) mass is 151 g/mol. The van der Waals surface area contributed by atoms with Crippen LogP contribution in [-0.2, 0) is 4.79 Å². The van der Waals surface area contributed by atoms with Crippen molar-refractivity contribution in [2.45, 2.75) is 18.3 Å². The third-order valence-corrected chi connectivity index (χ3v) is 1.07. The Morgan fingerprint density at radius 2 is 1.80 bits per heavy atom. The standard InChI is InChI=1S/C5H10O5/c6-1-3(8)5(10)4(9)2-7/h1,3-5,7-10H,2H2/t3-,4+,5+/m0/s1/i5+1. The Hall–Kier alpha value is -0.490. The van der Waals surface area contributed by atoms with E-state index in [9.17, 15) is 4.79 Å². The molecule has 0 aromatic heterocycles. The minimum Gasteiger partial charge on any atom is -0.394 e. The molecule has 0 aromatic rings. The van der Waals surface area contributed by atoms with Gasteiger partial charge in [-0.2, -0.15) is 0 Å². The first-order valence-electron chi connectivity index (χ1n) is 2.73. The number of carbonyl (C=O) groups excluding carboxylic acids is 1. The Labute approximate surface area is 57.5 Å². The van der Waals surface area contributed by atoms with Gasteiger partial charge in [0.2, 0.25) is 0 Å². The summed E-state index contributed by atoms with van der Waals surface area (Å²) in [5.41, 5.74) is 0. The molecule has 0 aliphatic rings. The average Bonchev–Trinajstić information content (AvgIpc) is 2.00. The first kappa shape index (κ1) is 9.51. The fraction of sp³-hybridized carbons (Fsp3) is 0.800. The SMILES string of the molecule is O=C[C@H](O)[13C@@H](O)[C@H](O)CO. The smallest absolute Gasteiger partial charge is 0.151 e. The van der Waals surface area contributed by atoms with Gasteiger partial charge in [0.05, 0.1) is 6.61 Å². The number of hydrogen-bond acceptors (Lipinski definition) is 5. The summed E-state index contributed by atoms with van der Waals surface area (Å²) in [5.74, 6) is 0. The van der Waals surface area contributed by atoms with Crippen molar-refractivity contribution in [2.24, 2.45) is 0 Å². The van der Waals surface area contributed by atoms with Gasteiger partial charge in [-0.15, -0.1) is 0 Å². The fourth-order valence-electron chi connectivity index (χ4n) is 0.416. The van der Waals surface area contributed by atoms with E-state index in [0.717, 1.165) is 0 Å². The number of hydrogen-bond donors (Lipinski definition) is 4. The van der Waals surface area contributed by atoms with Crippen LogP contribution >= 0.6 is 0 Å². The van der Waals surface area contributed by atoms with E-state index in [1.165, 1.54) is 0 Å². The van der Waals surface area contributed by atoms with Gasteiger partial charge < -0.3 is 25.2 Å². The molecule has 0 radical (unpaired) electrons. The van der Waals surface area contributed by atoms with Gasteiger partial charge in [-0.05, 0) is 0 Å². The van der Waals surface area contributed by atoms with Gasteiger partial charge >= 0.3 is 0 Å². The first-order chi connectivity index (χ1) is 4.63. The van der Waals surface area contributed by atoms with Crippen LogP contribution in [-0.4, -0.2) is 51.6 Å². The summed E-state index contributed by atoms with van der Waals surface area (Å²) in [5, 5.41) is 34.1. The summed E-state index contributed by atoms with van der Waals surface area (Å²) in [7, 11) is 0. The normalized spacial score (nSPS) is 19.6. The Morgan fingerprint density at radius 1 is 1.30 bits per heavy atom. The lowest BCUT2D eigenvalue weighted by atomic mass is 10.4. The first-order valence-corrected chi connectivity index (χ1v) is 2.73. The lowest BCUT2D eigenvalue weighted by molar-refractivity contribution is -0.127. The summed E-state index contributed by atoms with van der Waals surface area (Å²) < 4.78 is 0. The van der Waals surface area contributed by atoms with Gasteiger partial charge in [0.1, 0.15) is 18.3 Å². The highest BCUT2D eigenvalue weighted by Gasteiger charge is 2.22. The number of aliphatic hydroxyl groups excluding tert-OH is 4. The van der Waals surface area contributed by atoms with Crippen molar-refractivity contribution in [2.75, 3.05) is 6.61 Å². The molecule has 0 aromatic carbocycles. The molecule has 0 bridgehead atoms. The highest BCUT2D eigenvalue weighted by atomic mass is 16.4. The molecule has 0 rings (SSSR count). The summed E-state index contributed by atoms with van der Waals surface area (Å²) in [6.45, 7) is -0.688. The van der Waals surface area contributed by atoms with Crippen LogP contribution in [0.1, 0.15) is 0 Å².